The lowest BCUT2D eigenvalue weighted by molar-refractivity contribution is -0.122. The number of thioether (sulfide) groups is 1. The summed E-state index contributed by atoms with van der Waals surface area (Å²) in [6.45, 7) is 0.433. The highest BCUT2D eigenvalue weighted by Gasteiger charge is 2.31. The first-order valence-corrected chi connectivity index (χ1v) is 12.6. The van der Waals surface area contributed by atoms with Crippen molar-refractivity contribution in [1.82, 2.24) is 4.90 Å². The van der Waals surface area contributed by atoms with E-state index in [-0.39, 0.29) is 11.5 Å². The Labute approximate surface area is 218 Å². The topological polar surface area (TPSA) is 83.6 Å². The van der Waals surface area contributed by atoms with Crippen molar-refractivity contribution < 1.29 is 14.7 Å². The summed E-state index contributed by atoms with van der Waals surface area (Å²) in [5.74, 6) is -1.08. The molecule has 0 aromatic heterocycles. The Morgan fingerprint density at radius 3 is 2.42 bits per heavy atom. The Balaban J connectivity index is 1.34. The van der Waals surface area contributed by atoms with E-state index in [1.165, 1.54) is 11.8 Å². The zero-order valence-electron chi connectivity index (χ0n) is 19.2. The molecule has 1 heterocycles. The van der Waals surface area contributed by atoms with Crippen LogP contribution in [0.2, 0.25) is 0 Å². The van der Waals surface area contributed by atoms with E-state index < -0.39 is 5.97 Å². The number of thiocarbonyl (C=S) groups is 1. The number of carboxylic acid groups (broad SMARTS) is 1. The normalized spacial score (nSPS) is 14.7. The molecule has 5 rings (SSSR count). The Kier molecular flexibility index (Phi) is 6.59. The molecule has 0 atom stereocenters. The second kappa shape index (κ2) is 9.97. The lowest BCUT2D eigenvalue weighted by Crippen LogP contribution is -2.30. The predicted octanol–water partition coefficient (Wildman–Crippen LogP) is 6.23. The molecule has 1 fully saturated rings. The van der Waals surface area contributed by atoms with E-state index in [0.29, 0.717) is 27.9 Å². The summed E-state index contributed by atoms with van der Waals surface area (Å²) in [4.78, 5) is 26.3. The number of nitrogens with zero attached hydrogens (tertiary/aromatic N) is 1. The van der Waals surface area contributed by atoms with E-state index in [1.54, 1.807) is 29.2 Å². The van der Waals surface area contributed by atoms with E-state index in [9.17, 15) is 9.59 Å². The number of rotatable bonds is 6. The molecular weight excluding hydrogens is 488 g/mol. The zero-order chi connectivity index (χ0) is 25.2. The molecule has 0 unspecified atom stereocenters. The van der Waals surface area contributed by atoms with E-state index in [2.05, 4.69) is 12.1 Å². The maximum Gasteiger partial charge on any atom is 0.335 e. The van der Waals surface area contributed by atoms with Gasteiger partial charge in [0.2, 0.25) is 0 Å². The third kappa shape index (κ3) is 4.89. The Morgan fingerprint density at radius 2 is 1.69 bits per heavy atom. The van der Waals surface area contributed by atoms with Gasteiger partial charge in [-0.1, -0.05) is 78.6 Å². The molecule has 178 valence electrons. The van der Waals surface area contributed by atoms with Gasteiger partial charge in [-0.3, -0.25) is 9.69 Å². The largest absolute Gasteiger partial charge is 0.478 e. The minimum absolute atomic E-state index is 0.122. The van der Waals surface area contributed by atoms with E-state index in [4.69, 9.17) is 23.1 Å². The van der Waals surface area contributed by atoms with Gasteiger partial charge in [0.15, 0.2) is 0 Å². The number of benzene rings is 4. The summed E-state index contributed by atoms with van der Waals surface area (Å²) in [7, 11) is 0. The van der Waals surface area contributed by atoms with Crippen LogP contribution in [0, 0.1) is 0 Å². The number of anilines is 1. The molecule has 7 heteroatoms. The van der Waals surface area contributed by atoms with Crippen LogP contribution in [0.3, 0.4) is 0 Å². The van der Waals surface area contributed by atoms with Crippen LogP contribution in [0.15, 0.2) is 89.8 Å². The molecule has 0 aliphatic carbocycles. The van der Waals surface area contributed by atoms with Gasteiger partial charge in [-0.25, -0.2) is 4.79 Å². The standard InChI is InChI=1S/C29H22N2O3S2/c30-25-17-22-6-2-1-5-21(22)16-24(25)23-7-3-4-19(14-23)15-26-27(32)31(29(35)36-26)13-12-18-8-10-20(11-9-18)28(33)34/h1-11,14-17H,12-13,30H2,(H,33,34). The Bertz CT molecular complexity index is 1540. The number of nitrogens with two attached hydrogens (primary N) is 1. The third-order valence-corrected chi connectivity index (χ3v) is 7.49. The number of carbonyl (C=O) groups excluding carboxylic acids is 1. The van der Waals surface area contributed by atoms with Crippen molar-refractivity contribution in [2.24, 2.45) is 0 Å². The van der Waals surface area contributed by atoms with Gasteiger partial charge in [0.1, 0.15) is 4.32 Å². The monoisotopic (exact) mass is 510 g/mol. The number of amides is 1. The maximum absolute atomic E-state index is 13.1. The molecule has 1 amide bonds. The highest BCUT2D eigenvalue weighted by Crippen LogP contribution is 2.35. The third-order valence-electron chi connectivity index (χ3n) is 6.11. The van der Waals surface area contributed by atoms with Crippen molar-refractivity contribution in [2.75, 3.05) is 12.3 Å². The summed E-state index contributed by atoms with van der Waals surface area (Å²) in [6.07, 6.45) is 2.44. The van der Waals surface area contributed by atoms with Gasteiger partial charge in [-0.05, 0) is 70.3 Å². The van der Waals surface area contributed by atoms with Crippen molar-refractivity contribution in [3.63, 3.8) is 0 Å². The first-order chi connectivity index (χ1) is 17.4. The minimum Gasteiger partial charge on any atom is -0.478 e. The van der Waals surface area contributed by atoms with Crippen molar-refractivity contribution in [1.29, 1.82) is 0 Å². The number of nitrogen functional groups attached to an aromatic ring is 1. The molecule has 5 nitrogen and oxygen atoms in total. The van der Waals surface area contributed by atoms with E-state index >= 15 is 0 Å². The van der Waals surface area contributed by atoms with Crippen LogP contribution in [-0.4, -0.2) is 32.7 Å². The van der Waals surface area contributed by atoms with Crippen LogP contribution in [0.1, 0.15) is 21.5 Å². The summed E-state index contributed by atoms with van der Waals surface area (Å²) in [5.41, 5.74) is 11.1. The summed E-state index contributed by atoms with van der Waals surface area (Å²) >= 11 is 6.77. The second-order valence-corrected chi connectivity index (χ2v) is 10.2. The molecule has 0 radical (unpaired) electrons. The quantitative estimate of drug-likeness (QED) is 0.182. The van der Waals surface area contributed by atoms with Crippen molar-refractivity contribution in [3.05, 3.63) is 107 Å². The average molecular weight is 511 g/mol. The number of aromatic carboxylic acids is 1. The molecule has 1 aliphatic heterocycles. The molecule has 3 N–H and O–H groups in total. The zero-order valence-corrected chi connectivity index (χ0v) is 20.8. The first-order valence-electron chi connectivity index (χ1n) is 11.4. The van der Waals surface area contributed by atoms with Crippen LogP contribution >= 0.6 is 24.0 Å². The maximum atomic E-state index is 13.1. The average Bonchev–Trinajstić information content (AvgIpc) is 3.14. The van der Waals surface area contributed by atoms with Crippen LogP contribution in [0.25, 0.3) is 28.0 Å². The van der Waals surface area contributed by atoms with Crippen LogP contribution in [0.4, 0.5) is 5.69 Å². The van der Waals surface area contributed by atoms with Gasteiger partial charge < -0.3 is 10.8 Å². The van der Waals surface area contributed by atoms with Gasteiger partial charge >= 0.3 is 5.97 Å². The molecule has 4 aromatic carbocycles. The highest BCUT2D eigenvalue weighted by atomic mass is 32.2. The van der Waals surface area contributed by atoms with E-state index in [0.717, 1.165) is 33.0 Å². The smallest absolute Gasteiger partial charge is 0.335 e. The molecule has 0 bridgehead atoms. The molecule has 1 saturated heterocycles. The van der Waals surface area contributed by atoms with Gasteiger partial charge in [-0.2, -0.15) is 0 Å². The fourth-order valence-electron chi connectivity index (χ4n) is 4.20. The second-order valence-electron chi connectivity index (χ2n) is 8.50. The molecule has 36 heavy (non-hydrogen) atoms. The number of hydrogen-bond donors (Lipinski definition) is 2. The fraction of sp³-hybridized carbons (Fsp3) is 0.0690. The highest BCUT2D eigenvalue weighted by molar-refractivity contribution is 8.26. The lowest BCUT2D eigenvalue weighted by Gasteiger charge is -2.14. The summed E-state index contributed by atoms with van der Waals surface area (Å²) in [6, 6.07) is 26.8. The first kappa shape index (κ1) is 23.8. The predicted molar refractivity (Wildman–Crippen MR) is 151 cm³/mol. The molecule has 4 aromatic rings. The molecule has 0 saturated carbocycles. The van der Waals surface area contributed by atoms with Gasteiger partial charge in [0.25, 0.3) is 5.91 Å². The minimum atomic E-state index is -0.962. The van der Waals surface area contributed by atoms with Crippen molar-refractivity contribution in [3.8, 4) is 11.1 Å². The number of hydrogen-bond acceptors (Lipinski definition) is 5. The fourth-order valence-corrected chi connectivity index (χ4v) is 5.51. The Morgan fingerprint density at radius 1 is 0.972 bits per heavy atom. The number of fused-ring (bicyclic) bond motifs is 1. The lowest BCUT2D eigenvalue weighted by atomic mass is 9.98. The summed E-state index contributed by atoms with van der Waals surface area (Å²) < 4.78 is 0.517. The van der Waals surface area contributed by atoms with Crippen LogP contribution < -0.4 is 5.73 Å². The molecule has 0 spiro atoms. The van der Waals surface area contributed by atoms with Gasteiger partial charge in [-0.15, -0.1) is 0 Å². The summed E-state index contributed by atoms with van der Waals surface area (Å²) in [5, 5.41) is 11.3. The number of carboxylic acids is 1. The van der Waals surface area contributed by atoms with Crippen LogP contribution in [-0.2, 0) is 11.2 Å². The van der Waals surface area contributed by atoms with Gasteiger partial charge in [0.05, 0.1) is 10.5 Å². The van der Waals surface area contributed by atoms with Gasteiger partial charge in [0, 0.05) is 17.8 Å². The Hall–Kier alpha value is -3.94. The number of carbonyl (C=O) groups is 2. The van der Waals surface area contributed by atoms with E-state index in [1.807, 2.05) is 54.6 Å². The van der Waals surface area contributed by atoms with Crippen molar-refractivity contribution in [2.45, 2.75) is 6.42 Å². The SMILES string of the molecule is Nc1cc2ccccc2cc1-c1cccc(C=C2SC(=S)N(CCc3ccc(C(=O)O)cc3)C2=O)c1. The van der Waals surface area contributed by atoms with Crippen LogP contribution in [0.5, 0.6) is 0 Å². The molecule has 1 aliphatic rings. The molecular formula is C29H22N2O3S2. The van der Waals surface area contributed by atoms with Crippen molar-refractivity contribution >= 4 is 62.7 Å².